The van der Waals surface area contributed by atoms with E-state index < -0.39 is 22.8 Å². The van der Waals surface area contributed by atoms with E-state index in [2.05, 4.69) is 6.92 Å². The van der Waals surface area contributed by atoms with Gasteiger partial charge in [0.1, 0.15) is 28.2 Å². The lowest BCUT2D eigenvalue weighted by Gasteiger charge is -2.28. The number of aromatic carboxylic acids is 1. The number of hydrogen-bond donors (Lipinski definition) is 3. The number of methoxy groups -OCH3 is 2. The number of ether oxygens (including phenoxy) is 3. The van der Waals surface area contributed by atoms with E-state index in [1.165, 1.54) is 7.11 Å². The number of phenolic OH excluding ortho intramolecular Hbond substituents is 1. The van der Waals surface area contributed by atoms with Crippen molar-refractivity contribution in [3.63, 3.8) is 0 Å². The number of benzene rings is 2. The Morgan fingerprint density at radius 3 is 2.34 bits per heavy atom. The molecule has 8 nitrogen and oxygen atoms in total. The second-order valence-corrected chi connectivity index (χ2v) is 10.1. The summed E-state index contributed by atoms with van der Waals surface area (Å²) >= 11 is 0. The van der Waals surface area contributed by atoms with Crippen molar-refractivity contribution in [3.05, 3.63) is 40.5 Å². The second-order valence-electron chi connectivity index (χ2n) is 8.60. The molecule has 2 atom stereocenters. The van der Waals surface area contributed by atoms with E-state index in [-0.39, 0.29) is 43.2 Å². The largest absolute Gasteiger partial charge is 0.507 e. The van der Waals surface area contributed by atoms with Crippen molar-refractivity contribution in [2.24, 2.45) is 0 Å². The van der Waals surface area contributed by atoms with E-state index in [1.807, 2.05) is 6.92 Å². The highest BCUT2D eigenvalue weighted by atomic mass is 31.1. The van der Waals surface area contributed by atoms with Gasteiger partial charge in [-0.3, -0.25) is 4.79 Å². The third-order valence-corrected chi connectivity index (χ3v) is 7.92. The summed E-state index contributed by atoms with van der Waals surface area (Å²) in [5.41, 5.74) is 0.717. The molecule has 2 aromatic carbocycles. The maximum absolute atomic E-state index is 13.2. The summed E-state index contributed by atoms with van der Waals surface area (Å²) in [6.07, 6.45) is 5.09. The molecule has 2 aromatic rings. The Kier molecular flexibility index (Phi) is 8.62. The molecule has 3 N–H and O–H groups in total. The summed E-state index contributed by atoms with van der Waals surface area (Å²) in [6, 6.07) is 4.28. The van der Waals surface area contributed by atoms with Crippen molar-refractivity contribution >= 4 is 20.1 Å². The van der Waals surface area contributed by atoms with Crippen LogP contribution in [0.25, 0.3) is 0 Å². The number of aromatic hydroxyl groups is 2. The minimum atomic E-state index is -1.33. The number of carbonyl (C=O) groups is 2. The van der Waals surface area contributed by atoms with Gasteiger partial charge in [0.2, 0.25) is 0 Å². The number of hydrogen-bond acceptors (Lipinski definition) is 7. The zero-order valence-electron chi connectivity index (χ0n) is 20.6. The number of fused-ring (bicyclic) bond motifs is 1. The van der Waals surface area contributed by atoms with Crippen LogP contribution in [0.1, 0.15) is 84.2 Å². The van der Waals surface area contributed by atoms with E-state index in [1.54, 1.807) is 19.2 Å². The van der Waals surface area contributed by atoms with Crippen LogP contribution in [0.15, 0.2) is 18.2 Å². The summed E-state index contributed by atoms with van der Waals surface area (Å²) < 4.78 is 17.5. The molecule has 35 heavy (non-hydrogen) atoms. The fourth-order valence-electron chi connectivity index (χ4n) is 4.48. The first-order valence-electron chi connectivity index (χ1n) is 11.8. The molecule has 0 aliphatic carbocycles. The van der Waals surface area contributed by atoms with Crippen molar-refractivity contribution in [3.8, 4) is 28.7 Å². The van der Waals surface area contributed by atoms with Crippen LogP contribution in [0, 0.1) is 0 Å². The van der Waals surface area contributed by atoms with Crippen LogP contribution in [0.3, 0.4) is 0 Å². The predicted octanol–water partition coefficient (Wildman–Crippen LogP) is 6.15. The number of unbranched alkanes of at least 4 members (excludes halogenated alkanes) is 3. The van der Waals surface area contributed by atoms with Gasteiger partial charge in [0.25, 0.3) is 0 Å². The lowest BCUT2D eigenvalue weighted by atomic mass is 9.96. The van der Waals surface area contributed by atoms with Crippen molar-refractivity contribution in [1.82, 2.24) is 0 Å². The van der Waals surface area contributed by atoms with Crippen molar-refractivity contribution in [2.75, 3.05) is 14.2 Å². The van der Waals surface area contributed by atoms with Gasteiger partial charge in [-0.1, -0.05) is 39.5 Å². The lowest BCUT2D eigenvalue weighted by molar-refractivity contribution is 0.0580. The summed E-state index contributed by atoms with van der Waals surface area (Å²) in [7, 11) is 2.93. The molecule has 0 spiro atoms. The van der Waals surface area contributed by atoms with Gasteiger partial charge < -0.3 is 29.5 Å². The third-order valence-electron chi connectivity index (χ3n) is 6.31. The van der Waals surface area contributed by atoms with E-state index in [0.29, 0.717) is 29.7 Å². The van der Waals surface area contributed by atoms with E-state index in [4.69, 9.17) is 14.2 Å². The fraction of sp³-hybridized carbons (Fsp3) is 0.462. The van der Waals surface area contributed by atoms with Gasteiger partial charge in [-0.05, 0) is 33.9 Å². The molecule has 0 aromatic heterocycles. The quantitative estimate of drug-likeness (QED) is 0.232. The van der Waals surface area contributed by atoms with Gasteiger partial charge in [0, 0.05) is 30.4 Å². The van der Waals surface area contributed by atoms with Crippen LogP contribution in [0.5, 0.6) is 28.7 Å². The molecule has 9 heteroatoms. The van der Waals surface area contributed by atoms with Crippen molar-refractivity contribution in [1.29, 1.82) is 0 Å². The van der Waals surface area contributed by atoms with Gasteiger partial charge in [-0.2, -0.15) is 0 Å². The molecule has 2 unspecified atom stereocenters. The second kappa shape index (κ2) is 11.3. The van der Waals surface area contributed by atoms with E-state index >= 15 is 0 Å². The summed E-state index contributed by atoms with van der Waals surface area (Å²) in [4.78, 5) is 25.2. The molecule has 0 saturated heterocycles. The Balaban J connectivity index is 2.20. The average Bonchev–Trinajstić information content (AvgIpc) is 3.11. The predicted molar refractivity (Wildman–Crippen MR) is 134 cm³/mol. The molecule has 3 rings (SSSR count). The molecule has 0 amide bonds. The van der Waals surface area contributed by atoms with Crippen molar-refractivity contribution < 1.29 is 39.1 Å². The van der Waals surface area contributed by atoms with Crippen LogP contribution in [0.2, 0.25) is 0 Å². The highest BCUT2D eigenvalue weighted by molar-refractivity contribution is 7.60. The fourth-order valence-corrected chi connectivity index (χ4v) is 5.97. The highest BCUT2D eigenvalue weighted by Crippen LogP contribution is 2.58. The van der Waals surface area contributed by atoms with E-state index in [9.17, 15) is 24.9 Å². The molecular weight excluding hydrogens is 471 g/mol. The zero-order valence-corrected chi connectivity index (χ0v) is 21.6. The Labute approximate surface area is 207 Å². The zero-order chi connectivity index (χ0) is 25.8. The first-order chi connectivity index (χ1) is 16.7. The molecule has 0 saturated carbocycles. The monoisotopic (exact) mass is 504 g/mol. The maximum Gasteiger partial charge on any atom is 0.339 e. The maximum atomic E-state index is 13.2. The first kappa shape index (κ1) is 26.8. The van der Waals surface area contributed by atoms with Crippen molar-refractivity contribution in [2.45, 2.75) is 64.1 Å². The van der Waals surface area contributed by atoms with E-state index in [0.717, 1.165) is 31.7 Å². The Morgan fingerprint density at radius 1 is 1.03 bits per heavy atom. The topological polar surface area (TPSA) is 123 Å². The number of rotatable bonds is 12. The number of carboxylic acid groups (broad SMARTS) is 1. The number of phenols is 2. The van der Waals surface area contributed by atoms with Gasteiger partial charge in [-0.15, -0.1) is 0 Å². The molecule has 1 heterocycles. The van der Waals surface area contributed by atoms with Gasteiger partial charge >= 0.3 is 5.97 Å². The lowest BCUT2D eigenvalue weighted by Crippen LogP contribution is -2.20. The molecule has 190 valence electrons. The van der Waals surface area contributed by atoms with Gasteiger partial charge in [-0.25, -0.2) is 4.79 Å². The highest BCUT2D eigenvalue weighted by Gasteiger charge is 2.46. The minimum absolute atomic E-state index is 0.0913. The molecule has 1 aliphatic heterocycles. The average molecular weight is 505 g/mol. The Morgan fingerprint density at radius 2 is 1.74 bits per heavy atom. The van der Waals surface area contributed by atoms with Crippen LogP contribution < -0.4 is 9.47 Å². The molecule has 0 fully saturated rings. The van der Waals surface area contributed by atoms with Gasteiger partial charge in [0.05, 0.1) is 12.7 Å². The molecule has 0 radical (unpaired) electrons. The van der Waals surface area contributed by atoms with Gasteiger partial charge in [0.15, 0.2) is 17.0 Å². The normalized spacial score (nSPS) is 17.5. The Bertz CT molecular complexity index is 1110. The SMILES string of the molecule is CCCCCc1c(Oc2cc(OC)cc3c2C(=O)PC3(CCCC)OC)c(O)cc(O)c1C(=O)O. The summed E-state index contributed by atoms with van der Waals surface area (Å²) in [5.74, 6) is -1.77. The standard InChI is InChI=1S/C26H33O8P/c1-5-7-9-10-16-21(24(29)30)18(27)14-19(28)23(16)34-20-13-15(32-3)12-17-22(20)25(31)35-26(17,33-4)11-8-6-2/h12-14,27-28,35H,5-11H2,1-4H3,(H,29,30). The summed E-state index contributed by atoms with van der Waals surface area (Å²) in [6.45, 7) is 4.08. The Hall–Kier alpha value is -2.83. The van der Waals surface area contributed by atoms with Crippen LogP contribution in [-0.4, -0.2) is 41.0 Å². The minimum Gasteiger partial charge on any atom is -0.507 e. The first-order valence-corrected chi connectivity index (χ1v) is 12.8. The summed E-state index contributed by atoms with van der Waals surface area (Å²) in [5, 5.41) is 29.9. The number of carboxylic acids is 1. The third kappa shape index (κ3) is 5.24. The smallest absolute Gasteiger partial charge is 0.339 e. The molecule has 1 aliphatic rings. The molecular formula is C26H33O8P. The van der Waals surface area contributed by atoms with Crippen LogP contribution in [0.4, 0.5) is 0 Å². The van der Waals surface area contributed by atoms with Crippen LogP contribution in [-0.2, 0) is 16.5 Å². The number of carbonyl (C=O) groups excluding carboxylic acids is 1. The molecule has 0 bridgehead atoms. The van der Waals surface area contributed by atoms with Crippen LogP contribution >= 0.6 is 8.58 Å².